The number of aromatic hydroxyl groups is 1. The van der Waals surface area contributed by atoms with E-state index in [9.17, 15) is 9.90 Å². The molecule has 2 aromatic carbocycles. The van der Waals surface area contributed by atoms with E-state index in [1.165, 1.54) is 18.2 Å². The third kappa shape index (κ3) is 3.29. The van der Waals surface area contributed by atoms with Crippen molar-refractivity contribution in [1.29, 1.82) is 0 Å². The third-order valence-electron chi connectivity index (χ3n) is 3.43. The fourth-order valence-corrected chi connectivity index (χ4v) is 2.28. The maximum absolute atomic E-state index is 12.1. The topological polar surface area (TPSA) is 65.0 Å². The molecule has 1 heterocycles. The van der Waals surface area contributed by atoms with E-state index in [1.54, 1.807) is 37.5 Å². The summed E-state index contributed by atoms with van der Waals surface area (Å²) in [4.78, 5) is 12.1. The number of methoxy groups -OCH3 is 1. The largest absolute Gasteiger partial charge is 0.508 e. The third-order valence-corrected chi connectivity index (χ3v) is 3.43. The first-order valence-electron chi connectivity index (χ1n) is 7.16. The molecule has 2 aromatic rings. The summed E-state index contributed by atoms with van der Waals surface area (Å²) in [6.45, 7) is 0.966. The van der Waals surface area contributed by atoms with E-state index in [1.807, 2.05) is 0 Å². The van der Waals surface area contributed by atoms with Gasteiger partial charge >= 0.3 is 0 Å². The number of carbonyl (C=O) groups is 1. The molecule has 0 atom stereocenters. The maximum Gasteiger partial charge on any atom is 0.203 e. The number of phenols is 1. The lowest BCUT2D eigenvalue weighted by Gasteiger charge is -2.20. The highest BCUT2D eigenvalue weighted by Gasteiger charge is 2.17. The second-order valence-electron chi connectivity index (χ2n) is 4.99. The lowest BCUT2D eigenvalue weighted by atomic mass is 10.1. The predicted molar refractivity (Wildman–Crippen MR) is 85.5 cm³/mol. The number of rotatable bonds is 4. The lowest BCUT2D eigenvalue weighted by molar-refractivity contribution is 0.104. The Hall–Kier alpha value is -2.95. The minimum absolute atomic E-state index is 0.127. The van der Waals surface area contributed by atoms with Crippen LogP contribution in [0.4, 0.5) is 0 Å². The molecule has 0 bridgehead atoms. The van der Waals surface area contributed by atoms with Gasteiger partial charge in [-0.1, -0.05) is 6.08 Å². The van der Waals surface area contributed by atoms with Crippen molar-refractivity contribution in [2.45, 2.75) is 0 Å². The van der Waals surface area contributed by atoms with E-state index in [4.69, 9.17) is 14.2 Å². The average molecular weight is 312 g/mol. The van der Waals surface area contributed by atoms with Crippen LogP contribution in [-0.2, 0) is 0 Å². The monoisotopic (exact) mass is 312 g/mol. The van der Waals surface area contributed by atoms with Gasteiger partial charge in [0.1, 0.15) is 19.0 Å². The van der Waals surface area contributed by atoms with Gasteiger partial charge in [-0.2, -0.15) is 0 Å². The smallest absolute Gasteiger partial charge is 0.203 e. The summed E-state index contributed by atoms with van der Waals surface area (Å²) in [5.41, 5.74) is 1.28. The lowest BCUT2D eigenvalue weighted by Crippen LogP contribution is -2.16. The van der Waals surface area contributed by atoms with Crippen molar-refractivity contribution in [2.75, 3.05) is 20.3 Å². The number of hydrogen-bond donors (Lipinski definition) is 1. The van der Waals surface area contributed by atoms with Crippen LogP contribution in [0.1, 0.15) is 15.9 Å². The van der Waals surface area contributed by atoms with Gasteiger partial charge in [-0.25, -0.2) is 0 Å². The van der Waals surface area contributed by atoms with Gasteiger partial charge in [0.2, 0.25) is 5.75 Å². The maximum atomic E-state index is 12.1. The number of phenolic OH excluding ortho intramolecular Hbond substituents is 1. The number of allylic oxidation sites excluding steroid dienone is 1. The Morgan fingerprint density at radius 3 is 2.65 bits per heavy atom. The van der Waals surface area contributed by atoms with E-state index in [0.717, 1.165) is 5.56 Å². The van der Waals surface area contributed by atoms with E-state index in [0.29, 0.717) is 36.0 Å². The molecule has 3 rings (SSSR count). The molecule has 1 aliphatic heterocycles. The highest BCUT2D eigenvalue weighted by molar-refractivity contribution is 6.06. The molecular formula is C18H16O5. The second kappa shape index (κ2) is 6.44. The SMILES string of the molecule is COc1cc(C=CC(=O)c2ccc(O)cc2)cc2c1OCCO2. The molecule has 118 valence electrons. The summed E-state index contributed by atoms with van der Waals surface area (Å²) < 4.78 is 16.4. The number of hydrogen-bond acceptors (Lipinski definition) is 5. The molecule has 0 spiro atoms. The molecule has 0 fully saturated rings. The molecule has 5 nitrogen and oxygen atoms in total. The minimum Gasteiger partial charge on any atom is -0.508 e. The zero-order chi connectivity index (χ0) is 16.2. The molecule has 5 heteroatoms. The van der Waals surface area contributed by atoms with Crippen LogP contribution in [0.15, 0.2) is 42.5 Å². The first-order chi connectivity index (χ1) is 11.2. The van der Waals surface area contributed by atoms with Crippen LogP contribution in [0.5, 0.6) is 23.0 Å². The molecule has 23 heavy (non-hydrogen) atoms. The Morgan fingerprint density at radius 1 is 1.17 bits per heavy atom. The van der Waals surface area contributed by atoms with Crippen LogP contribution in [0.25, 0.3) is 6.08 Å². The molecule has 0 radical (unpaired) electrons. The Kier molecular flexibility index (Phi) is 4.19. The van der Waals surface area contributed by atoms with Crippen molar-refractivity contribution < 1.29 is 24.1 Å². The fraction of sp³-hybridized carbons (Fsp3) is 0.167. The van der Waals surface area contributed by atoms with Crippen LogP contribution < -0.4 is 14.2 Å². The number of ketones is 1. The van der Waals surface area contributed by atoms with Crippen LogP contribution in [0.2, 0.25) is 0 Å². The van der Waals surface area contributed by atoms with Crippen molar-refractivity contribution in [3.05, 3.63) is 53.6 Å². The predicted octanol–water partition coefficient (Wildman–Crippen LogP) is 3.07. The quantitative estimate of drug-likeness (QED) is 0.694. The molecule has 1 N–H and O–H groups in total. The summed E-state index contributed by atoms with van der Waals surface area (Å²) in [5.74, 6) is 1.73. The highest BCUT2D eigenvalue weighted by Crippen LogP contribution is 2.40. The molecule has 0 amide bonds. The van der Waals surface area contributed by atoms with Gasteiger partial charge < -0.3 is 19.3 Å². The van der Waals surface area contributed by atoms with Crippen LogP contribution in [0.3, 0.4) is 0 Å². The number of carbonyl (C=O) groups excluding carboxylic acids is 1. The fourth-order valence-electron chi connectivity index (χ4n) is 2.28. The van der Waals surface area contributed by atoms with Gasteiger partial charge in [-0.3, -0.25) is 4.79 Å². The van der Waals surface area contributed by atoms with Crippen molar-refractivity contribution in [2.24, 2.45) is 0 Å². The van der Waals surface area contributed by atoms with Crippen LogP contribution in [0, 0.1) is 0 Å². The molecule has 0 saturated heterocycles. The molecular weight excluding hydrogens is 296 g/mol. The Balaban J connectivity index is 1.84. The van der Waals surface area contributed by atoms with E-state index >= 15 is 0 Å². The molecule has 0 aromatic heterocycles. The van der Waals surface area contributed by atoms with E-state index in [-0.39, 0.29) is 11.5 Å². The summed E-state index contributed by atoms with van der Waals surface area (Å²) in [6, 6.07) is 9.70. The van der Waals surface area contributed by atoms with Crippen LogP contribution >= 0.6 is 0 Å². The molecule has 0 unspecified atom stereocenters. The molecule has 1 aliphatic rings. The Bertz CT molecular complexity index is 730. The van der Waals surface area contributed by atoms with Gasteiger partial charge in [-0.05, 0) is 48.0 Å². The van der Waals surface area contributed by atoms with Gasteiger partial charge in [0.25, 0.3) is 0 Å². The second-order valence-corrected chi connectivity index (χ2v) is 4.99. The summed E-state index contributed by atoms with van der Waals surface area (Å²) in [6.07, 6.45) is 3.16. The zero-order valence-electron chi connectivity index (χ0n) is 12.6. The highest BCUT2D eigenvalue weighted by atomic mass is 16.6. The van der Waals surface area contributed by atoms with Gasteiger partial charge in [0.05, 0.1) is 7.11 Å². The number of ether oxygens (including phenoxy) is 3. The summed E-state index contributed by atoms with van der Waals surface area (Å²) in [5, 5.41) is 9.25. The Labute approximate surface area is 133 Å². The summed E-state index contributed by atoms with van der Waals surface area (Å²) in [7, 11) is 1.56. The first kappa shape index (κ1) is 15.0. The van der Waals surface area contributed by atoms with Crippen molar-refractivity contribution in [3.8, 4) is 23.0 Å². The van der Waals surface area contributed by atoms with E-state index < -0.39 is 0 Å². The van der Waals surface area contributed by atoms with Crippen molar-refractivity contribution >= 4 is 11.9 Å². The normalized spacial score (nSPS) is 13.1. The van der Waals surface area contributed by atoms with E-state index in [2.05, 4.69) is 0 Å². The average Bonchev–Trinajstić information content (AvgIpc) is 2.59. The number of fused-ring (bicyclic) bond motifs is 1. The standard InChI is InChI=1S/C18H16O5/c1-21-16-10-12(11-17-18(16)23-9-8-22-17)2-7-15(20)13-3-5-14(19)6-4-13/h2-7,10-11,19H,8-9H2,1H3. The first-order valence-corrected chi connectivity index (χ1v) is 7.16. The summed E-state index contributed by atoms with van der Waals surface area (Å²) >= 11 is 0. The van der Waals surface area contributed by atoms with Crippen molar-refractivity contribution in [1.82, 2.24) is 0 Å². The van der Waals surface area contributed by atoms with Crippen LogP contribution in [-0.4, -0.2) is 31.2 Å². The Morgan fingerprint density at radius 2 is 1.91 bits per heavy atom. The number of benzene rings is 2. The van der Waals surface area contributed by atoms with Gasteiger partial charge in [-0.15, -0.1) is 0 Å². The minimum atomic E-state index is -0.154. The molecule has 0 saturated carbocycles. The molecule has 0 aliphatic carbocycles. The van der Waals surface area contributed by atoms with Crippen molar-refractivity contribution in [3.63, 3.8) is 0 Å². The zero-order valence-corrected chi connectivity index (χ0v) is 12.6. The van der Waals surface area contributed by atoms with Gasteiger partial charge in [0.15, 0.2) is 17.3 Å². The van der Waals surface area contributed by atoms with Gasteiger partial charge in [0, 0.05) is 5.56 Å².